The second-order valence-electron chi connectivity index (χ2n) is 4.16. The van der Waals surface area contributed by atoms with Gasteiger partial charge >= 0.3 is 0 Å². The van der Waals surface area contributed by atoms with E-state index in [-0.39, 0.29) is 5.75 Å². The maximum Gasteiger partial charge on any atom is 0.188 e. The van der Waals surface area contributed by atoms with Crippen molar-refractivity contribution in [3.05, 3.63) is 17.5 Å². The molecular formula is C11H19N3O2S2. The zero-order chi connectivity index (χ0) is 13.6. The van der Waals surface area contributed by atoms with Crippen LogP contribution >= 0.6 is 11.8 Å². The van der Waals surface area contributed by atoms with Gasteiger partial charge in [-0.2, -0.15) is 0 Å². The highest BCUT2D eigenvalue weighted by atomic mass is 32.2. The van der Waals surface area contributed by atoms with Crippen LogP contribution in [0.25, 0.3) is 0 Å². The van der Waals surface area contributed by atoms with Crippen molar-refractivity contribution in [2.45, 2.75) is 19.0 Å². The first kappa shape index (κ1) is 15.4. The number of rotatable bonds is 7. The molecule has 0 atom stereocenters. The zero-order valence-corrected chi connectivity index (χ0v) is 12.6. The Bertz CT molecular complexity index is 469. The van der Waals surface area contributed by atoms with Gasteiger partial charge in [0.2, 0.25) is 0 Å². The summed E-state index contributed by atoms with van der Waals surface area (Å²) in [7, 11) is -2.87. The Morgan fingerprint density at radius 3 is 2.39 bits per heavy atom. The number of hydrogen-bond acceptors (Lipinski definition) is 6. The minimum atomic E-state index is -2.87. The lowest BCUT2D eigenvalue weighted by molar-refractivity contribution is 0.598. The Labute approximate surface area is 113 Å². The smallest absolute Gasteiger partial charge is 0.188 e. The first-order valence-corrected chi connectivity index (χ1v) is 8.75. The van der Waals surface area contributed by atoms with Crippen molar-refractivity contribution >= 4 is 21.6 Å². The van der Waals surface area contributed by atoms with Crippen LogP contribution in [0.4, 0.5) is 0 Å². The Morgan fingerprint density at radius 2 is 1.83 bits per heavy atom. The molecular weight excluding hydrogens is 270 g/mol. The van der Waals surface area contributed by atoms with Crippen molar-refractivity contribution in [3.63, 3.8) is 0 Å². The maximum atomic E-state index is 10.9. The van der Waals surface area contributed by atoms with Gasteiger partial charge in [0, 0.05) is 36.5 Å². The highest BCUT2D eigenvalue weighted by Gasteiger charge is 2.02. The van der Waals surface area contributed by atoms with Gasteiger partial charge in [0.15, 0.2) is 5.16 Å². The summed E-state index contributed by atoms with van der Waals surface area (Å²) in [6.07, 6.45) is 1.24. The van der Waals surface area contributed by atoms with E-state index in [0.29, 0.717) is 6.54 Å². The van der Waals surface area contributed by atoms with Gasteiger partial charge in [-0.05, 0) is 19.9 Å². The van der Waals surface area contributed by atoms with Crippen LogP contribution in [-0.2, 0) is 9.84 Å². The van der Waals surface area contributed by atoms with Crippen LogP contribution in [-0.4, -0.2) is 49.2 Å². The molecule has 0 aliphatic rings. The Morgan fingerprint density at radius 1 is 1.22 bits per heavy atom. The van der Waals surface area contributed by atoms with E-state index in [9.17, 15) is 8.42 Å². The average Bonchev–Trinajstić information content (AvgIpc) is 2.20. The van der Waals surface area contributed by atoms with E-state index in [2.05, 4.69) is 15.3 Å². The molecule has 0 aliphatic carbocycles. The fourth-order valence-corrected chi connectivity index (χ4v) is 2.72. The van der Waals surface area contributed by atoms with Crippen molar-refractivity contribution in [3.8, 4) is 0 Å². The van der Waals surface area contributed by atoms with Crippen molar-refractivity contribution in [2.75, 3.05) is 30.9 Å². The van der Waals surface area contributed by atoms with Crippen LogP contribution < -0.4 is 5.32 Å². The van der Waals surface area contributed by atoms with E-state index >= 15 is 0 Å². The maximum absolute atomic E-state index is 10.9. The van der Waals surface area contributed by atoms with Crippen molar-refractivity contribution in [1.82, 2.24) is 15.3 Å². The number of hydrogen-bond donors (Lipinski definition) is 1. The minimum absolute atomic E-state index is 0.178. The predicted molar refractivity (Wildman–Crippen MR) is 74.8 cm³/mol. The molecule has 0 fully saturated rings. The van der Waals surface area contributed by atoms with Gasteiger partial charge in [-0.25, -0.2) is 18.4 Å². The van der Waals surface area contributed by atoms with E-state index in [1.807, 2.05) is 19.9 Å². The standard InChI is InChI=1S/C11H19N3O2S2/c1-9-8-10(2)14-11(13-9)17-6-4-12-5-7-18(3,15)16/h8,12H,4-7H2,1-3H3. The summed E-state index contributed by atoms with van der Waals surface area (Å²) in [4.78, 5) is 8.64. The van der Waals surface area contributed by atoms with Crippen LogP contribution in [0.1, 0.15) is 11.4 Å². The second kappa shape index (κ2) is 7.06. The summed E-state index contributed by atoms with van der Waals surface area (Å²) >= 11 is 1.57. The zero-order valence-electron chi connectivity index (χ0n) is 10.9. The Balaban J connectivity index is 2.22. The summed E-state index contributed by atoms with van der Waals surface area (Å²) in [6.45, 7) is 5.13. The predicted octanol–water partition coefficient (Wildman–Crippen LogP) is 0.820. The lowest BCUT2D eigenvalue weighted by Crippen LogP contribution is -2.24. The highest BCUT2D eigenvalue weighted by molar-refractivity contribution is 7.99. The average molecular weight is 289 g/mol. The first-order valence-electron chi connectivity index (χ1n) is 5.70. The van der Waals surface area contributed by atoms with Crippen LogP contribution in [0.2, 0.25) is 0 Å². The van der Waals surface area contributed by atoms with Gasteiger partial charge in [-0.3, -0.25) is 0 Å². The van der Waals surface area contributed by atoms with E-state index < -0.39 is 9.84 Å². The number of nitrogens with zero attached hydrogens (tertiary/aromatic N) is 2. The molecule has 1 rings (SSSR count). The second-order valence-corrected chi connectivity index (χ2v) is 7.48. The summed E-state index contributed by atoms with van der Waals surface area (Å²) < 4.78 is 21.8. The molecule has 0 amide bonds. The lowest BCUT2D eigenvalue weighted by atomic mass is 10.4. The molecule has 0 spiro atoms. The minimum Gasteiger partial charge on any atom is -0.315 e. The normalized spacial score (nSPS) is 11.7. The van der Waals surface area contributed by atoms with Crippen LogP contribution in [0.5, 0.6) is 0 Å². The Kier molecular flexibility index (Phi) is 6.04. The van der Waals surface area contributed by atoms with Gasteiger partial charge in [0.25, 0.3) is 0 Å². The molecule has 0 radical (unpaired) electrons. The fraction of sp³-hybridized carbons (Fsp3) is 0.636. The third-order valence-electron chi connectivity index (χ3n) is 2.12. The summed E-state index contributed by atoms with van der Waals surface area (Å²) in [6, 6.07) is 1.94. The van der Waals surface area contributed by atoms with Crippen molar-refractivity contribution in [2.24, 2.45) is 0 Å². The van der Waals surface area contributed by atoms with Crippen molar-refractivity contribution < 1.29 is 8.42 Å². The SMILES string of the molecule is Cc1cc(C)nc(SCCNCCS(C)(=O)=O)n1. The number of aryl methyl sites for hydroxylation is 2. The number of sulfone groups is 1. The number of nitrogens with one attached hydrogen (secondary N) is 1. The molecule has 0 saturated heterocycles. The lowest BCUT2D eigenvalue weighted by Gasteiger charge is -2.04. The molecule has 7 heteroatoms. The quantitative estimate of drug-likeness (QED) is 0.455. The Hall–Kier alpha value is -0.660. The number of thioether (sulfide) groups is 1. The van der Waals surface area contributed by atoms with Crippen LogP contribution in [0.3, 0.4) is 0 Å². The third kappa shape index (κ3) is 6.93. The monoisotopic (exact) mass is 289 g/mol. The first-order chi connectivity index (χ1) is 8.37. The largest absolute Gasteiger partial charge is 0.315 e. The van der Waals surface area contributed by atoms with Gasteiger partial charge in [-0.15, -0.1) is 0 Å². The highest BCUT2D eigenvalue weighted by Crippen LogP contribution is 2.12. The molecule has 0 unspecified atom stereocenters. The van der Waals surface area contributed by atoms with Gasteiger partial charge in [0.05, 0.1) is 5.75 Å². The molecule has 1 aromatic rings. The van der Waals surface area contributed by atoms with Gasteiger partial charge in [-0.1, -0.05) is 11.8 Å². The molecule has 102 valence electrons. The van der Waals surface area contributed by atoms with Crippen LogP contribution in [0, 0.1) is 13.8 Å². The van der Waals surface area contributed by atoms with E-state index in [1.54, 1.807) is 11.8 Å². The summed E-state index contributed by atoms with van der Waals surface area (Å²) in [5.41, 5.74) is 1.94. The molecule has 1 aromatic heterocycles. The molecule has 1 N–H and O–H groups in total. The fourth-order valence-electron chi connectivity index (χ4n) is 1.36. The number of aromatic nitrogens is 2. The topological polar surface area (TPSA) is 72.0 Å². The van der Waals surface area contributed by atoms with Crippen molar-refractivity contribution in [1.29, 1.82) is 0 Å². The summed E-state index contributed by atoms with van der Waals surface area (Å²) in [5, 5.41) is 3.86. The molecule has 0 bridgehead atoms. The molecule has 0 aromatic carbocycles. The molecule has 1 heterocycles. The van der Waals surface area contributed by atoms with Gasteiger partial charge < -0.3 is 5.32 Å². The third-order valence-corrected chi connectivity index (χ3v) is 3.92. The van der Waals surface area contributed by atoms with E-state index in [4.69, 9.17) is 0 Å². The molecule has 0 aliphatic heterocycles. The molecule has 0 saturated carbocycles. The van der Waals surface area contributed by atoms with Gasteiger partial charge in [0.1, 0.15) is 9.84 Å². The molecule has 5 nitrogen and oxygen atoms in total. The van der Waals surface area contributed by atoms with Crippen LogP contribution in [0.15, 0.2) is 11.2 Å². The van der Waals surface area contributed by atoms with E-state index in [1.165, 1.54) is 6.26 Å². The summed E-state index contributed by atoms with van der Waals surface area (Å²) in [5.74, 6) is 1.00. The van der Waals surface area contributed by atoms with E-state index in [0.717, 1.165) is 28.8 Å². The molecule has 18 heavy (non-hydrogen) atoms.